The quantitative estimate of drug-likeness (QED) is 0.692. The first-order chi connectivity index (χ1) is 10.8. The number of thioether (sulfide) groups is 1. The van der Waals surface area contributed by atoms with Crippen molar-refractivity contribution in [3.8, 4) is 5.69 Å². The molecule has 0 spiro atoms. The maximum atomic E-state index is 4.31. The van der Waals surface area contributed by atoms with Crippen LogP contribution in [-0.4, -0.2) is 31.6 Å². The third kappa shape index (κ3) is 3.93. The topological polar surface area (TPSA) is 60.6 Å². The summed E-state index contributed by atoms with van der Waals surface area (Å²) >= 11 is 1.68. The van der Waals surface area contributed by atoms with E-state index in [-0.39, 0.29) is 12.4 Å². The van der Waals surface area contributed by atoms with Gasteiger partial charge in [-0.25, -0.2) is 4.68 Å². The minimum absolute atomic E-state index is 0. The van der Waals surface area contributed by atoms with Gasteiger partial charge in [0.15, 0.2) is 5.16 Å². The molecule has 2 aromatic heterocycles. The molecule has 3 rings (SSSR count). The summed E-state index contributed by atoms with van der Waals surface area (Å²) in [4.78, 5) is 0. The summed E-state index contributed by atoms with van der Waals surface area (Å²) in [6.45, 7) is 0.716. The Labute approximate surface area is 145 Å². The second-order valence-corrected chi connectivity index (χ2v) is 5.80. The lowest BCUT2D eigenvalue weighted by Gasteiger charge is -2.09. The highest BCUT2D eigenvalue weighted by Gasteiger charge is 2.10. The largest absolute Gasteiger partial charge is 0.313 e. The van der Waals surface area contributed by atoms with E-state index >= 15 is 0 Å². The van der Waals surface area contributed by atoms with E-state index < -0.39 is 0 Å². The molecule has 8 heteroatoms. The third-order valence-corrected chi connectivity index (χ3v) is 4.43. The molecule has 6 nitrogen and oxygen atoms in total. The van der Waals surface area contributed by atoms with Crippen molar-refractivity contribution in [1.29, 1.82) is 0 Å². The number of rotatable bonds is 6. The smallest absolute Gasteiger partial charge is 0.191 e. The standard InChI is InChI=1S/C15H18N6S.ClH/c1-16-10-14-18-19-15(20(14)2)22-11-12-6-3-4-7-13(12)21-9-5-8-17-21;/h3-9,16H,10-11H2,1-2H3;1H. The van der Waals surface area contributed by atoms with Gasteiger partial charge >= 0.3 is 0 Å². The van der Waals surface area contributed by atoms with E-state index in [4.69, 9.17) is 0 Å². The van der Waals surface area contributed by atoms with E-state index in [0.717, 1.165) is 22.4 Å². The Morgan fingerprint density at radius 3 is 2.74 bits per heavy atom. The highest BCUT2D eigenvalue weighted by atomic mass is 35.5. The Hall–Kier alpha value is -1.83. The zero-order chi connectivity index (χ0) is 15.4. The van der Waals surface area contributed by atoms with Gasteiger partial charge in [0.1, 0.15) is 5.82 Å². The van der Waals surface area contributed by atoms with Gasteiger partial charge in [0.2, 0.25) is 0 Å². The Bertz CT molecular complexity index is 740. The fraction of sp³-hybridized carbons (Fsp3) is 0.267. The monoisotopic (exact) mass is 350 g/mol. The van der Waals surface area contributed by atoms with Crippen molar-refractivity contribution >= 4 is 24.2 Å². The van der Waals surface area contributed by atoms with Gasteiger partial charge in [0.25, 0.3) is 0 Å². The first kappa shape index (κ1) is 17.5. The molecule has 0 atom stereocenters. The number of aromatic nitrogens is 5. The molecule has 122 valence electrons. The average molecular weight is 351 g/mol. The van der Waals surface area contributed by atoms with Gasteiger partial charge in [-0.15, -0.1) is 22.6 Å². The Morgan fingerprint density at radius 2 is 2.00 bits per heavy atom. The van der Waals surface area contributed by atoms with Crippen molar-refractivity contribution < 1.29 is 0 Å². The molecule has 0 fully saturated rings. The second-order valence-electron chi connectivity index (χ2n) is 4.86. The van der Waals surface area contributed by atoms with Crippen molar-refractivity contribution in [3.05, 3.63) is 54.1 Å². The SMILES string of the molecule is CNCc1nnc(SCc2ccccc2-n2cccn2)n1C.Cl. The summed E-state index contributed by atoms with van der Waals surface area (Å²) < 4.78 is 3.91. The predicted molar refractivity (Wildman–Crippen MR) is 94.1 cm³/mol. The molecule has 23 heavy (non-hydrogen) atoms. The van der Waals surface area contributed by atoms with E-state index in [1.807, 2.05) is 47.7 Å². The number of para-hydroxylation sites is 1. The summed E-state index contributed by atoms with van der Waals surface area (Å²) in [7, 11) is 3.90. The van der Waals surface area contributed by atoms with Crippen LogP contribution >= 0.6 is 24.2 Å². The molecule has 0 saturated heterocycles. The van der Waals surface area contributed by atoms with Crippen LogP contribution in [-0.2, 0) is 19.3 Å². The first-order valence-corrected chi connectivity index (χ1v) is 8.01. The number of hydrogen-bond donors (Lipinski definition) is 1. The Balaban J connectivity index is 0.00000192. The minimum Gasteiger partial charge on any atom is -0.313 e. The van der Waals surface area contributed by atoms with Gasteiger partial charge in [-0.05, 0) is 24.7 Å². The normalized spacial score (nSPS) is 10.5. The van der Waals surface area contributed by atoms with Crippen molar-refractivity contribution in [2.45, 2.75) is 17.5 Å². The predicted octanol–water partition coefficient (Wildman–Crippen LogP) is 2.43. The van der Waals surface area contributed by atoms with Crippen molar-refractivity contribution in [3.63, 3.8) is 0 Å². The molecular weight excluding hydrogens is 332 g/mol. The summed E-state index contributed by atoms with van der Waals surface area (Å²) in [6.07, 6.45) is 3.74. The van der Waals surface area contributed by atoms with Gasteiger partial charge in [0, 0.05) is 25.2 Å². The second kappa shape index (κ2) is 8.14. The molecule has 0 aliphatic carbocycles. The summed E-state index contributed by atoms with van der Waals surface area (Å²) in [5.41, 5.74) is 2.31. The molecule has 2 heterocycles. The molecule has 1 aromatic carbocycles. The molecule has 3 aromatic rings. The molecule has 0 bridgehead atoms. The zero-order valence-electron chi connectivity index (χ0n) is 13.0. The highest BCUT2D eigenvalue weighted by Crippen LogP contribution is 2.24. The van der Waals surface area contributed by atoms with Crippen molar-refractivity contribution in [2.75, 3.05) is 7.05 Å². The van der Waals surface area contributed by atoms with Gasteiger partial charge in [-0.3, -0.25) is 0 Å². The molecule has 1 N–H and O–H groups in total. The van der Waals surface area contributed by atoms with Gasteiger partial charge in [0.05, 0.1) is 12.2 Å². The third-order valence-electron chi connectivity index (χ3n) is 3.36. The fourth-order valence-electron chi connectivity index (χ4n) is 2.19. The molecule has 0 radical (unpaired) electrons. The molecule has 0 unspecified atom stereocenters. The van der Waals surface area contributed by atoms with Crippen LogP contribution in [0.2, 0.25) is 0 Å². The van der Waals surface area contributed by atoms with Crippen LogP contribution in [0.4, 0.5) is 0 Å². The van der Waals surface area contributed by atoms with Crippen molar-refractivity contribution in [2.24, 2.45) is 7.05 Å². The van der Waals surface area contributed by atoms with Crippen LogP contribution in [0.1, 0.15) is 11.4 Å². The Morgan fingerprint density at radius 1 is 1.17 bits per heavy atom. The lowest BCUT2D eigenvalue weighted by molar-refractivity contribution is 0.682. The van der Waals surface area contributed by atoms with Gasteiger partial charge < -0.3 is 9.88 Å². The molecule has 0 saturated carbocycles. The van der Waals surface area contributed by atoms with Crippen LogP contribution in [0.3, 0.4) is 0 Å². The maximum Gasteiger partial charge on any atom is 0.191 e. The molecule has 0 aliphatic rings. The lowest BCUT2D eigenvalue weighted by Crippen LogP contribution is -2.10. The van der Waals surface area contributed by atoms with Crippen LogP contribution in [0.25, 0.3) is 5.69 Å². The Kier molecular flexibility index (Phi) is 6.20. The van der Waals surface area contributed by atoms with Crippen molar-refractivity contribution in [1.82, 2.24) is 29.9 Å². The summed E-state index contributed by atoms with van der Waals surface area (Å²) in [6, 6.07) is 10.2. The van der Waals surface area contributed by atoms with Crippen LogP contribution in [0.5, 0.6) is 0 Å². The molecule has 0 aliphatic heterocycles. The first-order valence-electron chi connectivity index (χ1n) is 7.03. The average Bonchev–Trinajstić information content (AvgIpc) is 3.18. The number of halogens is 1. The minimum atomic E-state index is 0. The van der Waals surface area contributed by atoms with E-state index in [0.29, 0.717) is 6.54 Å². The van der Waals surface area contributed by atoms with Crippen LogP contribution < -0.4 is 5.32 Å². The van der Waals surface area contributed by atoms with E-state index in [1.165, 1.54) is 5.56 Å². The summed E-state index contributed by atoms with van der Waals surface area (Å²) in [5, 5.41) is 16.8. The van der Waals surface area contributed by atoms with Crippen LogP contribution in [0, 0.1) is 0 Å². The van der Waals surface area contributed by atoms with Crippen LogP contribution in [0.15, 0.2) is 47.9 Å². The summed E-state index contributed by atoms with van der Waals surface area (Å²) in [5.74, 6) is 1.76. The highest BCUT2D eigenvalue weighted by molar-refractivity contribution is 7.98. The maximum absolute atomic E-state index is 4.31. The van der Waals surface area contributed by atoms with Gasteiger partial charge in [-0.2, -0.15) is 5.10 Å². The lowest BCUT2D eigenvalue weighted by atomic mass is 10.2. The molecule has 0 amide bonds. The fourth-order valence-corrected chi connectivity index (χ4v) is 3.12. The zero-order valence-corrected chi connectivity index (χ0v) is 14.6. The van der Waals surface area contributed by atoms with E-state index in [1.54, 1.807) is 18.0 Å². The van der Waals surface area contributed by atoms with Gasteiger partial charge in [-0.1, -0.05) is 30.0 Å². The van der Waals surface area contributed by atoms with E-state index in [9.17, 15) is 0 Å². The number of nitrogens with one attached hydrogen (secondary N) is 1. The number of nitrogens with zero attached hydrogens (tertiary/aromatic N) is 5. The number of hydrogen-bond acceptors (Lipinski definition) is 5. The number of benzene rings is 1. The van der Waals surface area contributed by atoms with E-state index in [2.05, 4.69) is 32.7 Å². The molecular formula is C15H19ClN6S.